The molecule has 0 atom stereocenters. The van der Waals surface area contributed by atoms with E-state index in [1.807, 2.05) is 11.4 Å². The van der Waals surface area contributed by atoms with Gasteiger partial charge in [0, 0.05) is 30.5 Å². The third kappa shape index (κ3) is 2.73. The fraction of sp³-hybridized carbons (Fsp3) is 0.375. The van der Waals surface area contributed by atoms with Gasteiger partial charge >= 0.3 is 0 Å². The highest BCUT2D eigenvalue weighted by Crippen LogP contribution is 2.34. The number of thiophene rings is 1. The molecule has 0 bridgehead atoms. The smallest absolute Gasteiger partial charge is 0.243 e. The van der Waals surface area contributed by atoms with E-state index in [2.05, 4.69) is 0 Å². The summed E-state index contributed by atoms with van der Waals surface area (Å²) < 4.78 is 38.6. The van der Waals surface area contributed by atoms with Gasteiger partial charge in [-0.3, -0.25) is 0 Å². The molecule has 2 aliphatic rings. The van der Waals surface area contributed by atoms with Crippen molar-refractivity contribution in [3.63, 3.8) is 0 Å². The summed E-state index contributed by atoms with van der Waals surface area (Å²) in [5.74, 6) is 1.12. The van der Waals surface area contributed by atoms with Gasteiger partial charge in [-0.05, 0) is 35.6 Å². The number of ether oxygens (including phenoxy) is 2. The molecule has 0 amide bonds. The van der Waals surface area contributed by atoms with E-state index >= 15 is 0 Å². The van der Waals surface area contributed by atoms with Gasteiger partial charge in [-0.25, -0.2) is 8.42 Å². The van der Waals surface area contributed by atoms with Gasteiger partial charge in [0.05, 0.1) is 18.1 Å². The van der Waals surface area contributed by atoms with Crippen molar-refractivity contribution in [3.05, 3.63) is 40.1 Å². The number of fused-ring (bicyclic) bond motifs is 2. The van der Waals surface area contributed by atoms with Crippen LogP contribution in [0.2, 0.25) is 0 Å². The molecule has 0 aliphatic carbocycles. The fourth-order valence-corrected chi connectivity index (χ4v) is 5.21. The van der Waals surface area contributed by atoms with E-state index in [0.717, 1.165) is 18.4 Å². The molecule has 0 N–H and O–H groups in total. The van der Waals surface area contributed by atoms with Crippen molar-refractivity contribution < 1.29 is 17.9 Å². The maximum Gasteiger partial charge on any atom is 0.243 e. The van der Waals surface area contributed by atoms with Crippen LogP contribution in [-0.2, 0) is 23.0 Å². The fourth-order valence-electron chi connectivity index (χ4n) is 2.88. The van der Waals surface area contributed by atoms with Crippen LogP contribution in [0.5, 0.6) is 11.5 Å². The van der Waals surface area contributed by atoms with Crippen LogP contribution in [0, 0.1) is 0 Å². The lowest BCUT2D eigenvalue weighted by molar-refractivity contribution is 0.296. The largest absolute Gasteiger partial charge is 0.490 e. The van der Waals surface area contributed by atoms with Crippen molar-refractivity contribution in [2.75, 3.05) is 19.8 Å². The van der Waals surface area contributed by atoms with Crippen LogP contribution >= 0.6 is 11.3 Å². The topological polar surface area (TPSA) is 55.8 Å². The first kappa shape index (κ1) is 15.0. The summed E-state index contributed by atoms with van der Waals surface area (Å²) in [7, 11) is -3.53. The van der Waals surface area contributed by atoms with E-state index in [1.54, 1.807) is 33.8 Å². The van der Waals surface area contributed by atoms with Crippen LogP contribution in [0.15, 0.2) is 34.5 Å². The van der Waals surface area contributed by atoms with E-state index in [1.165, 1.54) is 4.88 Å². The first-order valence-corrected chi connectivity index (χ1v) is 9.91. The second kappa shape index (κ2) is 5.81. The Hall–Kier alpha value is -1.57. The number of hydrogen-bond acceptors (Lipinski definition) is 5. The zero-order valence-electron chi connectivity index (χ0n) is 12.5. The SMILES string of the molecule is O=S(=O)(c1ccc2c(c1)OCCCO2)N1CCc2sccc2C1. The van der Waals surface area contributed by atoms with E-state index in [4.69, 9.17) is 9.47 Å². The molecule has 7 heteroatoms. The molecule has 1 aromatic heterocycles. The van der Waals surface area contributed by atoms with Crippen LogP contribution in [0.1, 0.15) is 16.9 Å². The molecule has 3 heterocycles. The number of sulfonamides is 1. The number of rotatable bonds is 2. The molecule has 0 saturated heterocycles. The molecule has 2 aliphatic heterocycles. The zero-order chi connectivity index (χ0) is 15.9. The molecule has 0 spiro atoms. The summed E-state index contributed by atoms with van der Waals surface area (Å²) in [6, 6.07) is 6.88. The van der Waals surface area contributed by atoms with Crippen molar-refractivity contribution in [2.45, 2.75) is 24.3 Å². The molecule has 122 valence electrons. The minimum Gasteiger partial charge on any atom is -0.490 e. The molecular weight excluding hydrogens is 334 g/mol. The van der Waals surface area contributed by atoms with Gasteiger partial charge in [0.15, 0.2) is 11.5 Å². The zero-order valence-corrected chi connectivity index (χ0v) is 14.2. The predicted octanol–water partition coefficient (Wildman–Crippen LogP) is 2.66. The Balaban J connectivity index is 1.65. The summed E-state index contributed by atoms with van der Waals surface area (Å²) in [4.78, 5) is 1.55. The predicted molar refractivity (Wildman–Crippen MR) is 87.7 cm³/mol. The highest BCUT2D eigenvalue weighted by Gasteiger charge is 2.29. The van der Waals surface area contributed by atoms with Crippen LogP contribution in [0.25, 0.3) is 0 Å². The van der Waals surface area contributed by atoms with Gasteiger partial charge in [0.2, 0.25) is 10.0 Å². The molecule has 0 fully saturated rings. The van der Waals surface area contributed by atoms with Crippen LogP contribution < -0.4 is 9.47 Å². The quantitative estimate of drug-likeness (QED) is 0.835. The second-order valence-electron chi connectivity index (χ2n) is 5.62. The Morgan fingerprint density at radius 1 is 1.09 bits per heavy atom. The van der Waals surface area contributed by atoms with Gasteiger partial charge < -0.3 is 9.47 Å². The molecule has 0 radical (unpaired) electrons. The van der Waals surface area contributed by atoms with Crippen molar-refractivity contribution in [3.8, 4) is 11.5 Å². The minimum absolute atomic E-state index is 0.264. The van der Waals surface area contributed by atoms with Crippen molar-refractivity contribution in [2.24, 2.45) is 0 Å². The Bertz CT molecular complexity index is 828. The maximum atomic E-state index is 12.9. The first-order chi connectivity index (χ1) is 11.1. The van der Waals surface area contributed by atoms with Crippen LogP contribution in [0.4, 0.5) is 0 Å². The number of hydrogen-bond donors (Lipinski definition) is 0. The highest BCUT2D eigenvalue weighted by molar-refractivity contribution is 7.89. The van der Waals surface area contributed by atoms with Crippen LogP contribution in [-0.4, -0.2) is 32.5 Å². The lowest BCUT2D eigenvalue weighted by Crippen LogP contribution is -2.35. The molecular formula is C16H17NO4S2. The molecule has 1 aromatic carbocycles. The molecule has 4 rings (SSSR count). The second-order valence-corrected chi connectivity index (χ2v) is 8.56. The Morgan fingerprint density at radius 3 is 2.78 bits per heavy atom. The van der Waals surface area contributed by atoms with Gasteiger partial charge in [-0.2, -0.15) is 4.31 Å². The van der Waals surface area contributed by atoms with Gasteiger partial charge in [0.25, 0.3) is 0 Å². The molecule has 0 unspecified atom stereocenters. The summed E-state index contributed by atoms with van der Waals surface area (Å²) >= 11 is 1.70. The standard InChI is InChI=1S/C16H17NO4S2/c18-23(19,17-6-4-16-12(11-17)5-9-22-16)13-2-3-14-15(10-13)21-8-1-7-20-14/h2-3,5,9-10H,1,4,6-8,11H2. The van der Waals surface area contributed by atoms with E-state index in [-0.39, 0.29) is 4.90 Å². The Morgan fingerprint density at radius 2 is 1.91 bits per heavy atom. The van der Waals surface area contributed by atoms with Crippen molar-refractivity contribution >= 4 is 21.4 Å². The van der Waals surface area contributed by atoms with Gasteiger partial charge in [-0.15, -0.1) is 11.3 Å². The number of nitrogens with zero attached hydrogens (tertiary/aromatic N) is 1. The lowest BCUT2D eigenvalue weighted by atomic mass is 10.1. The van der Waals surface area contributed by atoms with Crippen LogP contribution in [0.3, 0.4) is 0 Å². The molecule has 2 aromatic rings. The maximum absolute atomic E-state index is 12.9. The third-order valence-electron chi connectivity index (χ3n) is 4.13. The summed E-state index contributed by atoms with van der Waals surface area (Å²) in [6.45, 7) is 2.09. The first-order valence-electron chi connectivity index (χ1n) is 7.60. The number of benzene rings is 1. The van der Waals surface area contributed by atoms with E-state index < -0.39 is 10.0 Å². The summed E-state index contributed by atoms with van der Waals surface area (Å²) in [5, 5.41) is 2.02. The van der Waals surface area contributed by atoms with Gasteiger partial charge in [0.1, 0.15) is 0 Å². The molecule has 5 nitrogen and oxygen atoms in total. The average Bonchev–Trinajstić information content (AvgIpc) is 2.90. The summed E-state index contributed by atoms with van der Waals surface area (Å²) in [6.07, 6.45) is 1.57. The van der Waals surface area contributed by atoms with Gasteiger partial charge in [-0.1, -0.05) is 0 Å². The average molecular weight is 351 g/mol. The minimum atomic E-state index is -3.53. The lowest BCUT2D eigenvalue weighted by Gasteiger charge is -2.26. The normalized spacial score (nSPS) is 18.3. The Kier molecular flexibility index (Phi) is 3.79. The highest BCUT2D eigenvalue weighted by atomic mass is 32.2. The molecule has 0 saturated carbocycles. The van der Waals surface area contributed by atoms with Crippen molar-refractivity contribution in [1.29, 1.82) is 0 Å². The molecule has 23 heavy (non-hydrogen) atoms. The van der Waals surface area contributed by atoms with E-state index in [9.17, 15) is 8.42 Å². The van der Waals surface area contributed by atoms with Crippen molar-refractivity contribution in [1.82, 2.24) is 4.31 Å². The third-order valence-corrected chi connectivity index (χ3v) is 6.99. The summed E-state index contributed by atoms with van der Waals surface area (Å²) in [5.41, 5.74) is 1.11. The Labute approximate surface area is 139 Å². The van der Waals surface area contributed by atoms with E-state index in [0.29, 0.717) is 37.8 Å². The monoisotopic (exact) mass is 351 g/mol.